The lowest BCUT2D eigenvalue weighted by Gasteiger charge is -2.21. The molecule has 5 rings (SSSR count). The van der Waals surface area contributed by atoms with Crippen LogP contribution in [0.1, 0.15) is 40.1 Å². The predicted octanol–water partition coefficient (Wildman–Crippen LogP) is 4.21. The molecule has 34 heavy (non-hydrogen) atoms. The first kappa shape index (κ1) is 21.4. The van der Waals surface area contributed by atoms with Gasteiger partial charge >= 0.3 is 5.97 Å². The van der Waals surface area contributed by atoms with Crippen molar-refractivity contribution in [2.75, 3.05) is 0 Å². The van der Waals surface area contributed by atoms with E-state index in [0.717, 1.165) is 10.5 Å². The Hall–Kier alpha value is -4.46. The summed E-state index contributed by atoms with van der Waals surface area (Å²) in [5.41, 5.74) is 1.07. The van der Waals surface area contributed by atoms with Crippen LogP contribution in [-0.2, 0) is 11.2 Å². The standard InChI is InChI=1S/C26H19NO7/c1-3-15-10-11-19-18(13-15)21(28)23(22(33-19)20-9-6-12-32-20)34-26(31)14(2)27-24(29)16-7-4-5-8-17(16)25(27)30/h4-14H,3H2,1-2H3/t14-/m0/s1. The lowest BCUT2D eigenvalue weighted by Crippen LogP contribution is -2.45. The minimum absolute atomic E-state index is 0.0605. The van der Waals surface area contributed by atoms with Gasteiger partial charge in [-0.25, -0.2) is 4.79 Å². The van der Waals surface area contributed by atoms with Crippen LogP contribution in [0.15, 0.2) is 74.5 Å². The van der Waals surface area contributed by atoms with E-state index in [4.69, 9.17) is 13.6 Å². The van der Waals surface area contributed by atoms with Gasteiger partial charge in [0.1, 0.15) is 11.6 Å². The van der Waals surface area contributed by atoms with Crippen LogP contribution in [0.25, 0.3) is 22.5 Å². The molecule has 0 unspecified atom stereocenters. The molecular formula is C26H19NO7. The van der Waals surface area contributed by atoms with Crippen LogP contribution in [0.5, 0.6) is 5.75 Å². The van der Waals surface area contributed by atoms with Gasteiger partial charge in [0.25, 0.3) is 11.8 Å². The SMILES string of the molecule is CCc1ccc2oc(-c3ccco3)c(OC(=O)[C@H](C)N3C(=O)c4ccccc4C3=O)c(=O)c2c1. The highest BCUT2D eigenvalue weighted by molar-refractivity contribution is 6.22. The number of carbonyl (C=O) groups excluding carboxylic acids is 3. The van der Waals surface area contributed by atoms with E-state index in [1.54, 1.807) is 36.4 Å². The summed E-state index contributed by atoms with van der Waals surface area (Å²) in [5.74, 6) is -2.40. The first-order valence-corrected chi connectivity index (χ1v) is 10.7. The Morgan fingerprint density at radius 1 is 1.00 bits per heavy atom. The van der Waals surface area contributed by atoms with Gasteiger partial charge in [-0.15, -0.1) is 0 Å². The maximum absolute atomic E-state index is 13.4. The van der Waals surface area contributed by atoms with Crippen molar-refractivity contribution in [3.63, 3.8) is 0 Å². The summed E-state index contributed by atoms with van der Waals surface area (Å²) in [6, 6.07) is 13.4. The number of hydrogen-bond donors (Lipinski definition) is 0. The maximum Gasteiger partial charge on any atom is 0.334 e. The fourth-order valence-electron chi connectivity index (χ4n) is 3.96. The van der Waals surface area contributed by atoms with Gasteiger partial charge in [0, 0.05) is 0 Å². The number of hydrogen-bond acceptors (Lipinski definition) is 7. The first-order chi connectivity index (χ1) is 16.4. The third kappa shape index (κ3) is 3.31. The van der Waals surface area contributed by atoms with Crippen LogP contribution in [0, 0.1) is 0 Å². The van der Waals surface area contributed by atoms with Crippen molar-refractivity contribution in [2.45, 2.75) is 26.3 Å². The summed E-state index contributed by atoms with van der Waals surface area (Å²) in [5, 5.41) is 0.242. The van der Waals surface area contributed by atoms with Crippen LogP contribution in [-0.4, -0.2) is 28.7 Å². The zero-order valence-corrected chi connectivity index (χ0v) is 18.4. The second-order valence-electron chi connectivity index (χ2n) is 7.87. The van der Waals surface area contributed by atoms with Crippen molar-refractivity contribution in [1.82, 2.24) is 4.90 Å². The quantitative estimate of drug-likeness (QED) is 0.326. The molecule has 8 heteroatoms. The number of nitrogens with zero attached hydrogens (tertiary/aromatic N) is 1. The minimum Gasteiger partial charge on any atom is -0.461 e. The number of imide groups is 1. The van der Waals surface area contributed by atoms with Crippen molar-refractivity contribution in [3.8, 4) is 17.3 Å². The molecule has 170 valence electrons. The number of carbonyl (C=O) groups is 3. The maximum atomic E-state index is 13.4. The molecule has 0 saturated carbocycles. The largest absolute Gasteiger partial charge is 0.461 e. The van der Waals surface area contributed by atoms with Crippen molar-refractivity contribution < 1.29 is 28.0 Å². The van der Waals surface area contributed by atoms with Crippen molar-refractivity contribution in [2.24, 2.45) is 0 Å². The van der Waals surface area contributed by atoms with Crippen LogP contribution < -0.4 is 10.2 Å². The number of aryl methyl sites for hydroxylation is 1. The van der Waals surface area contributed by atoms with E-state index < -0.39 is 29.3 Å². The molecule has 1 atom stereocenters. The molecule has 1 aliphatic heterocycles. The van der Waals surface area contributed by atoms with Gasteiger partial charge in [-0.1, -0.05) is 25.1 Å². The predicted molar refractivity (Wildman–Crippen MR) is 122 cm³/mol. The summed E-state index contributed by atoms with van der Waals surface area (Å²) in [6.45, 7) is 3.32. The van der Waals surface area contributed by atoms with Crippen molar-refractivity contribution in [1.29, 1.82) is 0 Å². The highest BCUT2D eigenvalue weighted by Gasteiger charge is 2.41. The van der Waals surface area contributed by atoms with Crippen LogP contribution in [0.4, 0.5) is 0 Å². The molecule has 8 nitrogen and oxygen atoms in total. The molecule has 0 radical (unpaired) electrons. The van der Waals surface area contributed by atoms with Crippen LogP contribution in [0.3, 0.4) is 0 Å². The molecule has 3 heterocycles. The Bertz CT molecular complexity index is 1480. The van der Waals surface area contributed by atoms with Gasteiger partial charge in [-0.2, -0.15) is 0 Å². The molecular weight excluding hydrogens is 438 g/mol. The fourth-order valence-corrected chi connectivity index (χ4v) is 3.96. The number of esters is 1. The fraction of sp³-hybridized carbons (Fsp3) is 0.154. The number of amides is 2. The highest BCUT2D eigenvalue weighted by atomic mass is 16.5. The zero-order valence-electron chi connectivity index (χ0n) is 18.4. The summed E-state index contributed by atoms with van der Waals surface area (Å²) >= 11 is 0. The second-order valence-corrected chi connectivity index (χ2v) is 7.87. The number of rotatable bonds is 5. The normalized spacial score (nSPS) is 13.9. The van der Waals surface area contributed by atoms with E-state index in [2.05, 4.69) is 0 Å². The number of fused-ring (bicyclic) bond motifs is 2. The molecule has 0 bridgehead atoms. The lowest BCUT2D eigenvalue weighted by atomic mass is 10.1. The Kier molecular flexibility index (Phi) is 5.13. The van der Waals surface area contributed by atoms with Crippen molar-refractivity contribution in [3.05, 3.63) is 87.8 Å². The van der Waals surface area contributed by atoms with E-state index in [1.165, 1.54) is 25.3 Å². The molecule has 0 fully saturated rings. The van der Waals surface area contributed by atoms with Gasteiger partial charge in [0.05, 0.1) is 22.8 Å². The summed E-state index contributed by atoms with van der Waals surface area (Å²) < 4.78 is 16.8. The zero-order chi connectivity index (χ0) is 24.0. The molecule has 0 N–H and O–H groups in total. The molecule has 2 aromatic heterocycles. The van der Waals surface area contributed by atoms with Gasteiger partial charge in [0.2, 0.25) is 16.9 Å². The van der Waals surface area contributed by atoms with E-state index >= 15 is 0 Å². The van der Waals surface area contributed by atoms with Crippen molar-refractivity contribution >= 4 is 28.8 Å². The molecule has 2 amide bonds. The van der Waals surface area contributed by atoms with E-state index in [1.807, 2.05) is 13.0 Å². The summed E-state index contributed by atoms with van der Waals surface area (Å²) in [7, 11) is 0. The van der Waals surface area contributed by atoms with E-state index in [9.17, 15) is 19.2 Å². The molecule has 1 aliphatic rings. The summed E-state index contributed by atoms with van der Waals surface area (Å²) in [6.07, 6.45) is 2.09. The Morgan fingerprint density at radius 3 is 2.32 bits per heavy atom. The average Bonchev–Trinajstić information content (AvgIpc) is 3.47. The monoisotopic (exact) mass is 457 g/mol. The first-order valence-electron chi connectivity index (χ1n) is 10.7. The van der Waals surface area contributed by atoms with E-state index in [0.29, 0.717) is 12.0 Å². The van der Waals surface area contributed by atoms with Gasteiger partial charge in [0.15, 0.2) is 5.76 Å². The van der Waals surface area contributed by atoms with Crippen LogP contribution >= 0.6 is 0 Å². The molecule has 0 spiro atoms. The number of ether oxygens (including phenoxy) is 1. The van der Waals surface area contributed by atoms with Gasteiger partial charge in [-0.3, -0.25) is 19.3 Å². The topological polar surface area (TPSA) is 107 Å². The molecule has 4 aromatic rings. The third-order valence-electron chi connectivity index (χ3n) is 5.82. The van der Waals surface area contributed by atoms with Gasteiger partial charge < -0.3 is 13.6 Å². The summed E-state index contributed by atoms with van der Waals surface area (Å²) in [4.78, 5) is 52.8. The van der Waals surface area contributed by atoms with Crippen LogP contribution in [0.2, 0.25) is 0 Å². The number of furan rings is 1. The minimum atomic E-state index is -1.28. The number of benzene rings is 2. The molecule has 2 aromatic carbocycles. The van der Waals surface area contributed by atoms with E-state index in [-0.39, 0.29) is 33.8 Å². The molecule has 0 aliphatic carbocycles. The lowest BCUT2D eigenvalue weighted by molar-refractivity contribution is -0.138. The van der Waals surface area contributed by atoms with Gasteiger partial charge in [-0.05, 0) is 55.3 Å². The third-order valence-corrected chi connectivity index (χ3v) is 5.82. The smallest absolute Gasteiger partial charge is 0.334 e. The Labute approximate surface area is 193 Å². The highest BCUT2D eigenvalue weighted by Crippen LogP contribution is 2.32. The average molecular weight is 457 g/mol. The molecule has 0 saturated heterocycles. The Balaban J connectivity index is 1.55. The second kappa shape index (κ2) is 8.15. The Morgan fingerprint density at radius 2 is 1.71 bits per heavy atom.